The number of likely N-dealkylation sites (N-methyl/N-ethyl adjacent to an activating group) is 1. The Labute approximate surface area is 194 Å². The molecule has 1 saturated carbocycles. The third-order valence-electron chi connectivity index (χ3n) is 6.24. The van der Waals surface area contributed by atoms with Crippen LogP contribution in [0, 0.1) is 6.92 Å². The van der Waals surface area contributed by atoms with E-state index >= 15 is 0 Å². The molecule has 1 amide bonds. The van der Waals surface area contributed by atoms with Crippen LogP contribution in [0.15, 0.2) is 48.7 Å². The fourth-order valence-corrected chi connectivity index (χ4v) is 4.13. The topological polar surface area (TPSA) is 63.7 Å². The van der Waals surface area contributed by atoms with Gasteiger partial charge in [0.15, 0.2) is 0 Å². The van der Waals surface area contributed by atoms with Crippen LogP contribution in [-0.2, 0) is 5.54 Å². The summed E-state index contributed by atoms with van der Waals surface area (Å²) in [4.78, 5) is 20.2. The first-order valence-corrected chi connectivity index (χ1v) is 10.7. The minimum atomic E-state index is -2.36. The number of rotatable bonds is 7. The number of fused-ring (bicyclic) bond motifs is 1. The number of aromatic nitrogens is 1. The lowest BCUT2D eigenvalue weighted by Crippen LogP contribution is -2.48. The average Bonchev–Trinajstić information content (AvgIpc) is 3.19. The number of carbonyl (C=O) groups excluding carboxylic acids is 1. The molecule has 0 spiro atoms. The molecule has 2 heterocycles. The summed E-state index contributed by atoms with van der Waals surface area (Å²) in [6, 6.07) is 12.3. The Hall–Kier alpha value is -3.12. The Kier molecular flexibility index (Phi) is 4.18. The van der Waals surface area contributed by atoms with Crippen molar-refractivity contribution in [3.8, 4) is 11.5 Å². The Morgan fingerprint density at radius 2 is 2.16 bits per heavy atom. The van der Waals surface area contributed by atoms with E-state index in [1.165, 1.54) is 7.11 Å². The van der Waals surface area contributed by atoms with Gasteiger partial charge in [-0.2, -0.15) is 0 Å². The largest absolute Gasteiger partial charge is 0.496 e. The lowest BCUT2D eigenvalue weighted by molar-refractivity contribution is 0.0767. The summed E-state index contributed by atoms with van der Waals surface area (Å²) in [6.45, 7) is 3.35. The molecule has 2 aromatic carbocycles. The zero-order chi connectivity index (χ0) is 25.9. The Balaban J connectivity index is 1.53. The highest BCUT2D eigenvalue weighted by molar-refractivity contribution is 5.98. The standard InChI is InChI=1S/C26H29N3O3/c1-17-13-22(20-5-4-11-27-23(20)14-17)26(9-10-26)28-25(30)21-15-19(6-7-24(21)31-3)32-16-18-8-12-29(18)2/h4-7,11,13-15,18H,8-10,12,16H2,1-3H3,(H,28,30)/t18-/m0/s1/i9D2,10D2. The fourth-order valence-electron chi connectivity index (χ4n) is 4.13. The zero-order valence-electron chi connectivity index (χ0n) is 22.4. The van der Waals surface area contributed by atoms with Gasteiger partial charge in [0.05, 0.1) is 23.7 Å². The van der Waals surface area contributed by atoms with Gasteiger partial charge in [-0.3, -0.25) is 14.7 Å². The molecule has 0 bridgehead atoms. The van der Waals surface area contributed by atoms with Crippen LogP contribution in [0.1, 0.15) is 46.1 Å². The molecule has 166 valence electrons. The van der Waals surface area contributed by atoms with Crippen molar-refractivity contribution in [1.29, 1.82) is 0 Å². The number of hydrogen-bond acceptors (Lipinski definition) is 5. The maximum absolute atomic E-state index is 13.7. The predicted octanol–water partition coefficient (Wildman–Crippen LogP) is 4.05. The summed E-state index contributed by atoms with van der Waals surface area (Å²) < 4.78 is 45.7. The molecule has 0 radical (unpaired) electrons. The van der Waals surface area contributed by atoms with Crippen molar-refractivity contribution in [2.45, 2.75) is 37.7 Å². The van der Waals surface area contributed by atoms with Gasteiger partial charge in [-0.1, -0.05) is 12.1 Å². The van der Waals surface area contributed by atoms with Crippen molar-refractivity contribution in [2.75, 3.05) is 27.3 Å². The van der Waals surface area contributed by atoms with E-state index in [1.54, 1.807) is 42.6 Å². The molecule has 3 aromatic rings. The van der Waals surface area contributed by atoms with E-state index in [0.29, 0.717) is 34.9 Å². The van der Waals surface area contributed by atoms with E-state index in [0.717, 1.165) is 18.5 Å². The van der Waals surface area contributed by atoms with Crippen LogP contribution in [-0.4, -0.2) is 49.1 Å². The third-order valence-corrected chi connectivity index (χ3v) is 6.24. The lowest BCUT2D eigenvalue weighted by Gasteiger charge is -2.37. The number of nitrogens with one attached hydrogen (secondary N) is 1. The first-order chi connectivity index (χ1) is 17.0. The molecule has 1 aromatic heterocycles. The van der Waals surface area contributed by atoms with Crippen molar-refractivity contribution in [3.63, 3.8) is 0 Å². The molecule has 0 unspecified atom stereocenters. The molecular formula is C26H29N3O3. The molecule has 2 aliphatic rings. The van der Waals surface area contributed by atoms with Crippen LogP contribution in [0.4, 0.5) is 0 Å². The number of ether oxygens (including phenoxy) is 2. The van der Waals surface area contributed by atoms with Crippen LogP contribution in [0.3, 0.4) is 0 Å². The van der Waals surface area contributed by atoms with Gasteiger partial charge < -0.3 is 14.8 Å². The normalized spacial score (nSPS) is 24.3. The zero-order valence-corrected chi connectivity index (χ0v) is 18.4. The maximum atomic E-state index is 13.7. The molecule has 32 heavy (non-hydrogen) atoms. The average molecular weight is 436 g/mol. The number of amides is 1. The fraction of sp³-hybridized carbons (Fsp3) is 0.385. The maximum Gasteiger partial charge on any atom is 0.255 e. The molecule has 1 atom stereocenters. The minimum Gasteiger partial charge on any atom is -0.496 e. The number of aryl methyl sites for hydroxylation is 1. The molecule has 1 saturated heterocycles. The van der Waals surface area contributed by atoms with Crippen LogP contribution >= 0.6 is 0 Å². The van der Waals surface area contributed by atoms with E-state index < -0.39 is 24.2 Å². The smallest absolute Gasteiger partial charge is 0.255 e. The third kappa shape index (κ3) is 3.79. The highest BCUT2D eigenvalue weighted by Crippen LogP contribution is 2.48. The van der Waals surface area contributed by atoms with Crippen LogP contribution in [0.5, 0.6) is 11.5 Å². The van der Waals surface area contributed by atoms with Crippen molar-refractivity contribution in [3.05, 3.63) is 65.4 Å². The monoisotopic (exact) mass is 435 g/mol. The second-order valence-corrected chi connectivity index (χ2v) is 8.43. The summed E-state index contributed by atoms with van der Waals surface area (Å²) in [5.41, 5.74) is -0.0231. The predicted molar refractivity (Wildman–Crippen MR) is 124 cm³/mol. The van der Waals surface area contributed by atoms with E-state index in [-0.39, 0.29) is 11.3 Å². The van der Waals surface area contributed by atoms with Gasteiger partial charge in [-0.25, -0.2) is 0 Å². The first kappa shape index (κ1) is 16.5. The number of pyridine rings is 1. The van der Waals surface area contributed by atoms with Crippen molar-refractivity contribution in [2.24, 2.45) is 0 Å². The summed E-state index contributed by atoms with van der Waals surface area (Å²) in [5, 5.41) is 3.32. The van der Waals surface area contributed by atoms with Gasteiger partial charge in [0, 0.05) is 23.1 Å². The second kappa shape index (κ2) is 8.10. The molecule has 6 heteroatoms. The summed E-state index contributed by atoms with van der Waals surface area (Å²) >= 11 is 0. The van der Waals surface area contributed by atoms with Crippen molar-refractivity contribution in [1.82, 2.24) is 15.2 Å². The van der Waals surface area contributed by atoms with Crippen molar-refractivity contribution < 1.29 is 19.8 Å². The Bertz CT molecular complexity index is 1330. The van der Waals surface area contributed by atoms with E-state index in [4.69, 9.17) is 15.0 Å². The molecule has 1 aliphatic carbocycles. The highest BCUT2D eigenvalue weighted by Gasteiger charge is 2.47. The summed E-state index contributed by atoms with van der Waals surface area (Å²) in [7, 11) is 3.48. The summed E-state index contributed by atoms with van der Waals surface area (Å²) in [5.74, 6) is 0.123. The van der Waals surface area contributed by atoms with E-state index in [2.05, 4.69) is 15.2 Å². The quantitative estimate of drug-likeness (QED) is 0.607. The Morgan fingerprint density at radius 1 is 1.31 bits per heavy atom. The highest BCUT2D eigenvalue weighted by atomic mass is 16.5. The number of carbonyl (C=O) groups is 1. The van der Waals surface area contributed by atoms with Gasteiger partial charge in [0.1, 0.15) is 18.1 Å². The second-order valence-electron chi connectivity index (χ2n) is 8.43. The van der Waals surface area contributed by atoms with Crippen LogP contribution in [0.2, 0.25) is 0 Å². The van der Waals surface area contributed by atoms with Crippen LogP contribution < -0.4 is 14.8 Å². The number of nitrogens with zero attached hydrogens (tertiary/aromatic N) is 2. The molecular weight excluding hydrogens is 402 g/mol. The molecule has 2 fully saturated rings. The molecule has 1 aliphatic heterocycles. The number of hydrogen-bond donors (Lipinski definition) is 1. The van der Waals surface area contributed by atoms with Crippen LogP contribution in [0.25, 0.3) is 10.9 Å². The van der Waals surface area contributed by atoms with Gasteiger partial charge in [0.2, 0.25) is 0 Å². The summed E-state index contributed by atoms with van der Waals surface area (Å²) in [6.07, 6.45) is -2.04. The van der Waals surface area contributed by atoms with Gasteiger partial charge in [0.25, 0.3) is 5.91 Å². The van der Waals surface area contributed by atoms with E-state index in [9.17, 15) is 4.79 Å². The van der Waals surface area contributed by atoms with Gasteiger partial charge >= 0.3 is 0 Å². The number of likely N-dealkylation sites (tertiary alicyclic amines) is 1. The SMILES string of the molecule is [2H]C1([2H])C([2H])([2H])C1(NC(=O)c1cc(OC[C@@H]2CCN2C)ccc1OC)c1cc(C)cc2ncccc12. The molecule has 1 N–H and O–H groups in total. The van der Waals surface area contributed by atoms with E-state index in [1.807, 2.05) is 20.0 Å². The van der Waals surface area contributed by atoms with Gasteiger partial charge in [-0.15, -0.1) is 0 Å². The molecule has 5 rings (SSSR count). The Morgan fingerprint density at radius 3 is 2.84 bits per heavy atom. The number of methoxy groups -OCH3 is 1. The molecule has 6 nitrogen and oxygen atoms in total. The minimum absolute atomic E-state index is 0.143. The number of benzene rings is 2. The lowest BCUT2D eigenvalue weighted by atomic mass is 9.96. The van der Waals surface area contributed by atoms with Crippen molar-refractivity contribution >= 4 is 16.8 Å². The van der Waals surface area contributed by atoms with Gasteiger partial charge in [-0.05, 0) is 81.1 Å². The first-order valence-electron chi connectivity index (χ1n) is 12.7.